The van der Waals surface area contributed by atoms with Crippen molar-refractivity contribution < 1.29 is 9.53 Å². The Kier molecular flexibility index (Phi) is 3.93. The van der Waals surface area contributed by atoms with Gasteiger partial charge in [-0.25, -0.2) is 4.98 Å². The maximum absolute atomic E-state index is 12.5. The number of anilines is 1. The second-order valence-electron chi connectivity index (χ2n) is 5.35. The van der Waals surface area contributed by atoms with Gasteiger partial charge >= 0.3 is 0 Å². The fourth-order valence-corrected chi connectivity index (χ4v) is 2.39. The number of amides is 1. The fourth-order valence-electron chi connectivity index (χ4n) is 2.39. The average molecular weight is 307 g/mol. The van der Waals surface area contributed by atoms with Crippen LogP contribution < -0.4 is 10.1 Å². The number of ether oxygens (including phenoxy) is 1. The molecule has 0 spiro atoms. The Balaban J connectivity index is 1.95. The monoisotopic (exact) mass is 307 g/mol. The lowest BCUT2D eigenvalue weighted by Crippen LogP contribution is -2.15. The SMILES string of the molecule is COc1ccc2cc(C(=O)Nc3cc(C)ccn3)c(C)nc2c1. The van der Waals surface area contributed by atoms with Gasteiger partial charge in [0.25, 0.3) is 5.91 Å². The van der Waals surface area contributed by atoms with Crippen molar-refractivity contribution in [3.05, 3.63) is 59.4 Å². The van der Waals surface area contributed by atoms with Crippen LogP contribution in [0, 0.1) is 13.8 Å². The largest absolute Gasteiger partial charge is 0.497 e. The van der Waals surface area contributed by atoms with Gasteiger partial charge in [0.05, 0.1) is 23.9 Å². The number of aromatic nitrogens is 2. The molecule has 0 aliphatic carbocycles. The number of benzene rings is 1. The molecule has 0 aliphatic heterocycles. The van der Waals surface area contributed by atoms with E-state index in [1.54, 1.807) is 13.3 Å². The molecule has 116 valence electrons. The molecular weight excluding hydrogens is 290 g/mol. The minimum Gasteiger partial charge on any atom is -0.497 e. The van der Waals surface area contributed by atoms with Gasteiger partial charge in [0.15, 0.2) is 0 Å². The summed E-state index contributed by atoms with van der Waals surface area (Å²) in [6.07, 6.45) is 1.67. The van der Waals surface area contributed by atoms with Crippen molar-refractivity contribution >= 4 is 22.6 Å². The van der Waals surface area contributed by atoms with Gasteiger partial charge in [0.1, 0.15) is 11.6 Å². The molecular formula is C18H17N3O2. The number of aryl methyl sites for hydroxylation is 2. The summed E-state index contributed by atoms with van der Waals surface area (Å²) in [4.78, 5) is 21.2. The average Bonchev–Trinajstić information content (AvgIpc) is 2.53. The normalized spacial score (nSPS) is 10.6. The van der Waals surface area contributed by atoms with Crippen molar-refractivity contribution in [3.8, 4) is 5.75 Å². The summed E-state index contributed by atoms with van der Waals surface area (Å²) >= 11 is 0. The van der Waals surface area contributed by atoms with E-state index in [2.05, 4.69) is 15.3 Å². The van der Waals surface area contributed by atoms with E-state index in [9.17, 15) is 4.79 Å². The van der Waals surface area contributed by atoms with E-state index in [4.69, 9.17) is 4.74 Å². The van der Waals surface area contributed by atoms with E-state index >= 15 is 0 Å². The predicted molar refractivity (Wildman–Crippen MR) is 90.0 cm³/mol. The number of fused-ring (bicyclic) bond motifs is 1. The number of carbonyl (C=O) groups excluding carboxylic acids is 1. The number of hydrogen-bond acceptors (Lipinski definition) is 4. The molecule has 1 N–H and O–H groups in total. The summed E-state index contributed by atoms with van der Waals surface area (Å²) in [5.74, 6) is 1.06. The number of rotatable bonds is 3. The standard InChI is InChI=1S/C18H17N3O2/c1-11-6-7-19-17(8-11)21-18(22)15-9-13-4-5-14(23-3)10-16(13)20-12(15)2/h4-10H,1-3H3,(H,19,21,22). The Morgan fingerprint density at radius 3 is 2.70 bits per heavy atom. The Morgan fingerprint density at radius 2 is 1.96 bits per heavy atom. The van der Waals surface area contributed by atoms with Crippen LogP contribution in [0.2, 0.25) is 0 Å². The first kappa shape index (κ1) is 15.0. The van der Waals surface area contributed by atoms with Gasteiger partial charge in [0, 0.05) is 17.6 Å². The zero-order valence-corrected chi connectivity index (χ0v) is 13.3. The van der Waals surface area contributed by atoms with E-state index in [0.717, 1.165) is 22.2 Å². The first-order chi connectivity index (χ1) is 11.1. The van der Waals surface area contributed by atoms with E-state index in [-0.39, 0.29) is 5.91 Å². The smallest absolute Gasteiger partial charge is 0.258 e. The van der Waals surface area contributed by atoms with Crippen LogP contribution in [-0.2, 0) is 0 Å². The van der Waals surface area contributed by atoms with Crippen molar-refractivity contribution in [2.45, 2.75) is 13.8 Å². The summed E-state index contributed by atoms with van der Waals surface area (Å²) < 4.78 is 5.20. The second kappa shape index (κ2) is 6.04. The summed E-state index contributed by atoms with van der Waals surface area (Å²) in [5.41, 5.74) is 3.03. The molecule has 1 amide bonds. The Labute approximate surface area is 134 Å². The number of methoxy groups -OCH3 is 1. The highest BCUT2D eigenvalue weighted by Crippen LogP contribution is 2.22. The van der Waals surface area contributed by atoms with Gasteiger partial charge < -0.3 is 10.1 Å². The van der Waals surface area contributed by atoms with Crippen LogP contribution >= 0.6 is 0 Å². The van der Waals surface area contributed by atoms with Gasteiger partial charge in [-0.1, -0.05) is 0 Å². The number of carbonyl (C=O) groups is 1. The van der Waals surface area contributed by atoms with Crippen LogP contribution in [0.25, 0.3) is 10.9 Å². The Hall–Kier alpha value is -2.95. The molecule has 5 heteroatoms. The van der Waals surface area contributed by atoms with E-state index in [0.29, 0.717) is 17.1 Å². The predicted octanol–water partition coefficient (Wildman–Crippen LogP) is 3.51. The van der Waals surface area contributed by atoms with Crippen LogP contribution in [0.3, 0.4) is 0 Å². The minimum atomic E-state index is -0.217. The molecule has 0 saturated heterocycles. The Bertz CT molecular complexity index is 891. The van der Waals surface area contributed by atoms with Crippen LogP contribution in [-0.4, -0.2) is 23.0 Å². The molecule has 3 aromatic rings. The van der Waals surface area contributed by atoms with Gasteiger partial charge in [-0.15, -0.1) is 0 Å². The topological polar surface area (TPSA) is 64.1 Å². The van der Waals surface area contributed by atoms with Crippen molar-refractivity contribution in [1.29, 1.82) is 0 Å². The second-order valence-corrected chi connectivity index (χ2v) is 5.35. The van der Waals surface area contributed by atoms with Gasteiger partial charge in [0.2, 0.25) is 0 Å². The molecule has 1 aromatic carbocycles. The zero-order valence-electron chi connectivity index (χ0n) is 13.3. The molecule has 0 saturated carbocycles. The third kappa shape index (κ3) is 3.13. The van der Waals surface area contributed by atoms with Crippen LogP contribution in [0.15, 0.2) is 42.6 Å². The highest BCUT2D eigenvalue weighted by atomic mass is 16.5. The molecule has 5 nitrogen and oxygen atoms in total. The maximum atomic E-state index is 12.5. The number of pyridine rings is 2. The number of nitrogens with one attached hydrogen (secondary N) is 1. The molecule has 0 aliphatic rings. The lowest BCUT2D eigenvalue weighted by molar-refractivity contribution is 0.102. The number of hydrogen-bond donors (Lipinski definition) is 1. The zero-order chi connectivity index (χ0) is 16.4. The molecule has 23 heavy (non-hydrogen) atoms. The summed E-state index contributed by atoms with van der Waals surface area (Å²) in [6, 6.07) is 11.1. The molecule has 0 bridgehead atoms. The molecule has 0 unspecified atom stereocenters. The molecule has 2 heterocycles. The summed E-state index contributed by atoms with van der Waals surface area (Å²) in [5, 5.41) is 3.70. The van der Waals surface area contributed by atoms with Crippen molar-refractivity contribution in [2.24, 2.45) is 0 Å². The molecule has 0 fully saturated rings. The number of nitrogens with zero attached hydrogens (tertiary/aromatic N) is 2. The van der Waals surface area contributed by atoms with Gasteiger partial charge in [-0.05, 0) is 49.7 Å². The Morgan fingerprint density at radius 1 is 1.13 bits per heavy atom. The quantitative estimate of drug-likeness (QED) is 0.804. The van der Waals surface area contributed by atoms with E-state index in [1.807, 2.05) is 50.2 Å². The van der Waals surface area contributed by atoms with Crippen molar-refractivity contribution in [2.75, 3.05) is 12.4 Å². The van der Waals surface area contributed by atoms with Crippen molar-refractivity contribution in [1.82, 2.24) is 9.97 Å². The molecule has 0 atom stereocenters. The fraction of sp³-hybridized carbons (Fsp3) is 0.167. The van der Waals surface area contributed by atoms with Crippen LogP contribution in [0.1, 0.15) is 21.6 Å². The third-order valence-electron chi connectivity index (χ3n) is 3.62. The van der Waals surface area contributed by atoms with Gasteiger partial charge in [-0.3, -0.25) is 9.78 Å². The van der Waals surface area contributed by atoms with Gasteiger partial charge in [-0.2, -0.15) is 0 Å². The lowest BCUT2D eigenvalue weighted by atomic mass is 10.1. The molecule has 0 radical (unpaired) electrons. The van der Waals surface area contributed by atoms with E-state index < -0.39 is 0 Å². The highest BCUT2D eigenvalue weighted by molar-refractivity contribution is 6.06. The first-order valence-electron chi connectivity index (χ1n) is 7.26. The van der Waals surface area contributed by atoms with Crippen molar-refractivity contribution in [3.63, 3.8) is 0 Å². The summed E-state index contributed by atoms with van der Waals surface area (Å²) in [7, 11) is 1.62. The van der Waals surface area contributed by atoms with Crippen LogP contribution in [0.5, 0.6) is 5.75 Å². The first-order valence-corrected chi connectivity index (χ1v) is 7.26. The maximum Gasteiger partial charge on any atom is 0.258 e. The molecule has 3 rings (SSSR count). The minimum absolute atomic E-state index is 0.217. The highest BCUT2D eigenvalue weighted by Gasteiger charge is 2.13. The summed E-state index contributed by atoms with van der Waals surface area (Å²) in [6.45, 7) is 3.77. The lowest BCUT2D eigenvalue weighted by Gasteiger charge is -2.09. The van der Waals surface area contributed by atoms with E-state index in [1.165, 1.54) is 0 Å². The third-order valence-corrected chi connectivity index (χ3v) is 3.62. The molecule has 2 aromatic heterocycles. The van der Waals surface area contributed by atoms with Crippen LogP contribution in [0.4, 0.5) is 5.82 Å².